The Morgan fingerprint density at radius 1 is 0.963 bits per heavy atom. The van der Waals surface area contributed by atoms with E-state index in [1.807, 2.05) is 37.3 Å². The molecule has 0 saturated carbocycles. The lowest BCUT2D eigenvalue weighted by Crippen LogP contribution is -2.03. The summed E-state index contributed by atoms with van der Waals surface area (Å²) in [6.07, 6.45) is 0. The Labute approximate surface area is 155 Å². The van der Waals surface area contributed by atoms with Gasteiger partial charge in [0.2, 0.25) is 0 Å². The Balaban J connectivity index is 1.65. The molecule has 1 aromatic heterocycles. The molecule has 0 fully saturated rings. The van der Waals surface area contributed by atoms with E-state index in [1.165, 1.54) is 12.1 Å². The van der Waals surface area contributed by atoms with Crippen LogP contribution in [0.5, 0.6) is 5.75 Å². The van der Waals surface area contributed by atoms with Gasteiger partial charge >= 0.3 is 5.63 Å². The number of hydrogen-bond acceptors (Lipinski definition) is 3. The minimum atomic E-state index is -0.395. The average molecular weight is 360 g/mol. The van der Waals surface area contributed by atoms with E-state index in [-0.39, 0.29) is 12.4 Å². The molecule has 0 saturated heterocycles. The van der Waals surface area contributed by atoms with E-state index in [9.17, 15) is 9.18 Å². The zero-order valence-corrected chi connectivity index (χ0v) is 14.7. The fraction of sp³-hybridized carbons (Fsp3) is 0.0870. The molecule has 0 amide bonds. The summed E-state index contributed by atoms with van der Waals surface area (Å²) in [4.78, 5) is 12.4. The molecule has 0 bridgehead atoms. The van der Waals surface area contributed by atoms with Crippen LogP contribution < -0.4 is 10.4 Å². The minimum Gasteiger partial charge on any atom is -0.489 e. The van der Waals surface area contributed by atoms with Crippen LogP contribution in [-0.2, 0) is 6.61 Å². The first kappa shape index (κ1) is 17.0. The molecule has 0 unspecified atom stereocenters. The summed E-state index contributed by atoms with van der Waals surface area (Å²) in [5.74, 6) is 0.300. The quantitative estimate of drug-likeness (QED) is 0.452. The first-order valence-electron chi connectivity index (χ1n) is 8.61. The summed E-state index contributed by atoms with van der Waals surface area (Å²) in [5.41, 5.74) is 3.19. The number of rotatable bonds is 4. The van der Waals surface area contributed by atoms with E-state index in [2.05, 4.69) is 0 Å². The van der Waals surface area contributed by atoms with Gasteiger partial charge in [-0.05, 0) is 60.5 Å². The van der Waals surface area contributed by atoms with Gasteiger partial charge in [0.25, 0.3) is 0 Å². The van der Waals surface area contributed by atoms with Gasteiger partial charge in [-0.2, -0.15) is 0 Å². The molecular weight excluding hydrogens is 343 g/mol. The van der Waals surface area contributed by atoms with Gasteiger partial charge in [0.15, 0.2) is 0 Å². The lowest BCUT2D eigenvalue weighted by atomic mass is 10.0. The zero-order valence-electron chi connectivity index (χ0n) is 14.7. The average Bonchev–Trinajstić information content (AvgIpc) is 2.66. The summed E-state index contributed by atoms with van der Waals surface area (Å²) >= 11 is 0. The van der Waals surface area contributed by atoms with Crippen LogP contribution in [0.3, 0.4) is 0 Å². The van der Waals surface area contributed by atoms with Crippen LogP contribution in [0.1, 0.15) is 11.1 Å². The van der Waals surface area contributed by atoms with Crippen molar-refractivity contribution < 1.29 is 13.5 Å². The largest absolute Gasteiger partial charge is 0.489 e. The summed E-state index contributed by atoms with van der Waals surface area (Å²) in [6, 6.07) is 21.0. The molecule has 4 rings (SSSR count). The Kier molecular flexibility index (Phi) is 4.47. The summed E-state index contributed by atoms with van der Waals surface area (Å²) in [5, 5.41) is 0.871. The monoisotopic (exact) mass is 360 g/mol. The molecule has 3 nitrogen and oxygen atoms in total. The third-order valence-electron chi connectivity index (χ3n) is 4.33. The maximum atomic E-state index is 13.3. The Hall–Kier alpha value is -3.40. The number of halogens is 1. The smallest absolute Gasteiger partial charge is 0.344 e. The minimum absolute atomic E-state index is 0.243. The highest BCUT2D eigenvalue weighted by Gasteiger charge is 2.09. The molecule has 134 valence electrons. The highest BCUT2D eigenvalue weighted by atomic mass is 19.1. The normalized spacial score (nSPS) is 10.9. The molecular formula is C23H17FO3. The fourth-order valence-electron chi connectivity index (χ4n) is 2.99. The zero-order chi connectivity index (χ0) is 18.8. The van der Waals surface area contributed by atoms with E-state index < -0.39 is 5.63 Å². The lowest BCUT2D eigenvalue weighted by molar-refractivity contribution is 0.305. The van der Waals surface area contributed by atoms with Crippen molar-refractivity contribution in [2.45, 2.75) is 13.5 Å². The molecule has 1 heterocycles. The molecule has 0 aliphatic carbocycles. The molecule has 4 heteroatoms. The van der Waals surface area contributed by atoms with Crippen LogP contribution >= 0.6 is 0 Å². The summed E-state index contributed by atoms with van der Waals surface area (Å²) in [6.45, 7) is 2.23. The van der Waals surface area contributed by atoms with Gasteiger partial charge in [0, 0.05) is 5.39 Å². The highest BCUT2D eigenvalue weighted by Crippen LogP contribution is 2.25. The fourth-order valence-corrected chi connectivity index (χ4v) is 2.99. The van der Waals surface area contributed by atoms with Gasteiger partial charge < -0.3 is 9.15 Å². The van der Waals surface area contributed by atoms with Gasteiger partial charge in [-0.1, -0.05) is 35.9 Å². The Morgan fingerprint density at radius 3 is 2.67 bits per heavy atom. The first-order chi connectivity index (χ1) is 13.1. The third-order valence-corrected chi connectivity index (χ3v) is 4.33. The van der Waals surface area contributed by atoms with E-state index in [0.29, 0.717) is 22.5 Å². The highest BCUT2D eigenvalue weighted by molar-refractivity contribution is 5.82. The van der Waals surface area contributed by atoms with Crippen molar-refractivity contribution >= 4 is 11.0 Å². The molecule has 4 aromatic rings. The van der Waals surface area contributed by atoms with Crippen molar-refractivity contribution in [2.75, 3.05) is 0 Å². The van der Waals surface area contributed by atoms with Gasteiger partial charge in [-0.3, -0.25) is 0 Å². The second-order valence-corrected chi connectivity index (χ2v) is 6.44. The van der Waals surface area contributed by atoms with Crippen LogP contribution in [0.25, 0.3) is 22.1 Å². The van der Waals surface area contributed by atoms with Crippen molar-refractivity contribution in [3.8, 4) is 16.9 Å². The van der Waals surface area contributed by atoms with Crippen molar-refractivity contribution in [2.24, 2.45) is 0 Å². The van der Waals surface area contributed by atoms with E-state index in [0.717, 1.165) is 16.5 Å². The molecule has 0 spiro atoms. The first-order valence-corrected chi connectivity index (χ1v) is 8.61. The number of aryl methyl sites for hydroxylation is 1. The van der Waals surface area contributed by atoms with Gasteiger partial charge in [0.05, 0.1) is 5.56 Å². The van der Waals surface area contributed by atoms with Gasteiger partial charge in [-0.25, -0.2) is 9.18 Å². The van der Waals surface area contributed by atoms with Crippen LogP contribution in [0, 0.1) is 12.7 Å². The maximum absolute atomic E-state index is 13.3. The molecule has 27 heavy (non-hydrogen) atoms. The molecule has 0 aliphatic heterocycles. The Bertz CT molecular complexity index is 1180. The number of fused-ring (bicyclic) bond motifs is 1. The van der Waals surface area contributed by atoms with Crippen molar-refractivity contribution in [3.05, 3.63) is 100 Å². The van der Waals surface area contributed by atoms with E-state index >= 15 is 0 Å². The molecule has 0 radical (unpaired) electrons. The van der Waals surface area contributed by atoms with Crippen molar-refractivity contribution in [1.29, 1.82) is 0 Å². The Morgan fingerprint density at radius 2 is 1.81 bits per heavy atom. The van der Waals surface area contributed by atoms with Gasteiger partial charge in [-0.15, -0.1) is 0 Å². The van der Waals surface area contributed by atoms with Crippen LogP contribution in [0.15, 0.2) is 82.0 Å². The molecule has 0 atom stereocenters. The molecule has 0 aliphatic rings. The van der Waals surface area contributed by atoms with Crippen molar-refractivity contribution in [1.82, 2.24) is 0 Å². The maximum Gasteiger partial charge on any atom is 0.344 e. The molecule has 0 N–H and O–H groups in total. The molecule has 3 aromatic carbocycles. The van der Waals surface area contributed by atoms with E-state index in [1.54, 1.807) is 30.3 Å². The van der Waals surface area contributed by atoms with Crippen LogP contribution in [0.2, 0.25) is 0 Å². The number of ether oxygens (including phenoxy) is 1. The predicted octanol–water partition coefficient (Wildman–Crippen LogP) is 5.49. The number of hydrogen-bond donors (Lipinski definition) is 0. The second-order valence-electron chi connectivity index (χ2n) is 6.44. The summed E-state index contributed by atoms with van der Waals surface area (Å²) < 4.78 is 24.5. The number of benzene rings is 3. The summed E-state index contributed by atoms with van der Waals surface area (Å²) in [7, 11) is 0. The standard InChI is InChI=1S/C23H17FO3/c1-15-8-9-22-18(10-15)13-21(23(25)27-22)17-5-3-7-20(12-17)26-14-16-4-2-6-19(24)11-16/h2-13H,14H2,1H3. The van der Waals surface area contributed by atoms with Crippen LogP contribution in [-0.4, -0.2) is 0 Å². The van der Waals surface area contributed by atoms with E-state index in [4.69, 9.17) is 9.15 Å². The second kappa shape index (κ2) is 7.08. The van der Waals surface area contributed by atoms with Gasteiger partial charge in [0.1, 0.15) is 23.8 Å². The topological polar surface area (TPSA) is 39.4 Å². The van der Waals surface area contributed by atoms with Crippen LogP contribution in [0.4, 0.5) is 4.39 Å². The third kappa shape index (κ3) is 3.75. The SMILES string of the molecule is Cc1ccc2oc(=O)c(-c3cccc(OCc4cccc(F)c4)c3)cc2c1. The predicted molar refractivity (Wildman–Crippen MR) is 103 cm³/mol. The van der Waals surface area contributed by atoms with Crippen molar-refractivity contribution in [3.63, 3.8) is 0 Å². The lowest BCUT2D eigenvalue weighted by Gasteiger charge is -2.09.